The summed E-state index contributed by atoms with van der Waals surface area (Å²) in [4.78, 5) is 30.6. The number of carbonyl (C=O) groups excluding carboxylic acids is 2. The van der Waals surface area contributed by atoms with Crippen LogP contribution in [0.5, 0.6) is 5.75 Å². The van der Waals surface area contributed by atoms with Crippen LogP contribution in [0.1, 0.15) is 30.2 Å². The number of fused-ring (bicyclic) bond motifs is 1. The summed E-state index contributed by atoms with van der Waals surface area (Å²) < 4.78 is 10.7. The summed E-state index contributed by atoms with van der Waals surface area (Å²) in [5, 5.41) is 1.08. The molecule has 1 atom stereocenters. The van der Waals surface area contributed by atoms with E-state index < -0.39 is 11.4 Å². The SMILES string of the molecule is COC(=O)CN1CCC(C)(c2ccc(OCc3cc(C)nc4ccccc34)cc2)C1=O. The van der Waals surface area contributed by atoms with Crippen LogP contribution in [0.4, 0.5) is 0 Å². The molecule has 1 aliphatic rings. The highest BCUT2D eigenvalue weighted by Crippen LogP contribution is 2.36. The van der Waals surface area contributed by atoms with Gasteiger partial charge in [-0.2, -0.15) is 0 Å². The Morgan fingerprint density at radius 2 is 1.90 bits per heavy atom. The predicted octanol–water partition coefficient (Wildman–Crippen LogP) is 3.79. The number of methoxy groups -OCH3 is 1. The number of benzene rings is 2. The van der Waals surface area contributed by atoms with Crippen molar-refractivity contribution in [1.82, 2.24) is 9.88 Å². The van der Waals surface area contributed by atoms with E-state index in [2.05, 4.69) is 11.1 Å². The van der Waals surface area contributed by atoms with E-state index in [-0.39, 0.29) is 12.5 Å². The van der Waals surface area contributed by atoms with Gasteiger partial charge >= 0.3 is 5.97 Å². The average Bonchev–Trinajstić information content (AvgIpc) is 3.07. The highest BCUT2D eigenvalue weighted by molar-refractivity contribution is 5.92. The molecule has 2 heterocycles. The standard InChI is InChI=1S/C25H26N2O4/c1-17-14-18(21-6-4-5-7-22(21)26-17)16-31-20-10-8-19(9-11-20)25(2)12-13-27(24(25)29)15-23(28)30-3/h4-11,14H,12-13,15-16H2,1-3H3. The summed E-state index contributed by atoms with van der Waals surface area (Å²) in [6.07, 6.45) is 0.658. The number of esters is 1. The lowest BCUT2D eigenvalue weighted by Crippen LogP contribution is -2.38. The fourth-order valence-corrected chi connectivity index (χ4v) is 4.15. The first-order chi connectivity index (χ1) is 14.9. The molecule has 1 unspecified atom stereocenters. The molecule has 4 rings (SSSR count). The van der Waals surface area contributed by atoms with Crippen LogP contribution in [-0.4, -0.2) is 42.0 Å². The number of likely N-dealkylation sites (tertiary alicyclic amines) is 1. The van der Waals surface area contributed by atoms with Crippen molar-refractivity contribution in [3.63, 3.8) is 0 Å². The Bertz CT molecular complexity index is 1130. The molecule has 0 saturated carbocycles. The summed E-state index contributed by atoms with van der Waals surface area (Å²) in [5.74, 6) is 0.285. The first-order valence-corrected chi connectivity index (χ1v) is 10.4. The normalized spacial score (nSPS) is 18.4. The molecule has 1 aromatic heterocycles. The molecule has 31 heavy (non-hydrogen) atoms. The number of hydrogen-bond acceptors (Lipinski definition) is 5. The molecule has 6 heteroatoms. The van der Waals surface area contributed by atoms with Gasteiger partial charge in [0.05, 0.1) is 18.0 Å². The van der Waals surface area contributed by atoms with Crippen molar-refractivity contribution >= 4 is 22.8 Å². The molecule has 1 saturated heterocycles. The monoisotopic (exact) mass is 418 g/mol. The zero-order valence-electron chi connectivity index (χ0n) is 18.1. The minimum Gasteiger partial charge on any atom is -0.489 e. The number of para-hydroxylation sites is 1. The van der Waals surface area contributed by atoms with Crippen molar-refractivity contribution in [1.29, 1.82) is 0 Å². The number of ether oxygens (including phenoxy) is 2. The summed E-state index contributed by atoms with van der Waals surface area (Å²) in [7, 11) is 1.33. The van der Waals surface area contributed by atoms with E-state index in [1.165, 1.54) is 7.11 Å². The third-order valence-corrected chi connectivity index (χ3v) is 6.00. The highest BCUT2D eigenvalue weighted by atomic mass is 16.5. The number of hydrogen-bond donors (Lipinski definition) is 0. The second-order valence-corrected chi connectivity index (χ2v) is 8.14. The van der Waals surface area contributed by atoms with Crippen LogP contribution in [0.2, 0.25) is 0 Å². The van der Waals surface area contributed by atoms with Gasteiger partial charge in [-0.1, -0.05) is 30.3 Å². The maximum Gasteiger partial charge on any atom is 0.325 e. The van der Waals surface area contributed by atoms with E-state index in [1.807, 2.05) is 62.4 Å². The van der Waals surface area contributed by atoms with Crippen molar-refractivity contribution in [2.75, 3.05) is 20.2 Å². The van der Waals surface area contributed by atoms with Gasteiger partial charge < -0.3 is 14.4 Å². The van der Waals surface area contributed by atoms with Crippen LogP contribution in [0.3, 0.4) is 0 Å². The van der Waals surface area contributed by atoms with E-state index in [0.29, 0.717) is 19.6 Å². The zero-order chi connectivity index (χ0) is 22.0. The van der Waals surface area contributed by atoms with Crippen LogP contribution in [0, 0.1) is 6.92 Å². The van der Waals surface area contributed by atoms with Gasteiger partial charge in [0.1, 0.15) is 18.9 Å². The van der Waals surface area contributed by atoms with E-state index in [1.54, 1.807) is 4.90 Å². The second kappa shape index (κ2) is 8.38. The van der Waals surface area contributed by atoms with Crippen molar-refractivity contribution in [3.05, 3.63) is 71.4 Å². The Balaban J connectivity index is 1.47. The molecule has 6 nitrogen and oxygen atoms in total. The first kappa shape index (κ1) is 20.8. The van der Waals surface area contributed by atoms with Gasteiger partial charge in [-0.25, -0.2) is 0 Å². The van der Waals surface area contributed by atoms with Crippen molar-refractivity contribution < 1.29 is 19.1 Å². The summed E-state index contributed by atoms with van der Waals surface area (Å²) in [6.45, 7) is 4.87. The molecule has 0 bridgehead atoms. The molecular formula is C25H26N2O4. The molecule has 0 aliphatic carbocycles. The van der Waals surface area contributed by atoms with Crippen LogP contribution in [0.15, 0.2) is 54.6 Å². The Morgan fingerprint density at radius 1 is 1.16 bits per heavy atom. The van der Waals surface area contributed by atoms with E-state index in [9.17, 15) is 9.59 Å². The second-order valence-electron chi connectivity index (χ2n) is 8.14. The van der Waals surface area contributed by atoms with Crippen molar-refractivity contribution in [3.8, 4) is 5.75 Å². The Kier molecular flexibility index (Phi) is 5.63. The smallest absolute Gasteiger partial charge is 0.325 e. The molecule has 1 fully saturated rings. The van der Waals surface area contributed by atoms with Gasteiger partial charge in [0.25, 0.3) is 0 Å². The number of pyridine rings is 1. The number of rotatable bonds is 6. The molecule has 0 radical (unpaired) electrons. The maximum atomic E-state index is 12.9. The van der Waals surface area contributed by atoms with Crippen LogP contribution in [-0.2, 0) is 26.3 Å². The Labute approximate surface area is 181 Å². The van der Waals surface area contributed by atoms with E-state index in [4.69, 9.17) is 9.47 Å². The molecule has 0 spiro atoms. The molecule has 3 aromatic rings. The zero-order valence-corrected chi connectivity index (χ0v) is 18.1. The number of carbonyl (C=O) groups is 2. The third-order valence-electron chi connectivity index (χ3n) is 6.00. The van der Waals surface area contributed by atoms with Gasteiger partial charge in [0, 0.05) is 23.2 Å². The predicted molar refractivity (Wildman–Crippen MR) is 118 cm³/mol. The minimum absolute atomic E-state index is 0.00851. The van der Waals surface area contributed by atoms with E-state index in [0.717, 1.165) is 33.5 Å². The maximum absolute atomic E-state index is 12.9. The summed E-state index contributed by atoms with van der Waals surface area (Å²) in [5.41, 5.74) is 3.27. The molecule has 0 N–H and O–H groups in total. The first-order valence-electron chi connectivity index (χ1n) is 10.4. The fourth-order valence-electron chi connectivity index (χ4n) is 4.15. The largest absolute Gasteiger partial charge is 0.489 e. The highest BCUT2D eigenvalue weighted by Gasteiger charge is 2.44. The lowest BCUT2D eigenvalue weighted by molar-refractivity contribution is -0.146. The number of aromatic nitrogens is 1. The number of nitrogens with zero attached hydrogens (tertiary/aromatic N) is 2. The molecular weight excluding hydrogens is 392 g/mol. The van der Waals surface area contributed by atoms with Crippen LogP contribution < -0.4 is 4.74 Å². The van der Waals surface area contributed by atoms with Gasteiger partial charge in [-0.05, 0) is 50.1 Å². The quantitative estimate of drug-likeness (QED) is 0.570. The lowest BCUT2D eigenvalue weighted by Gasteiger charge is -2.24. The molecule has 1 aliphatic heterocycles. The van der Waals surface area contributed by atoms with E-state index >= 15 is 0 Å². The van der Waals surface area contributed by atoms with Gasteiger partial charge in [-0.15, -0.1) is 0 Å². The van der Waals surface area contributed by atoms with Gasteiger partial charge in [0.2, 0.25) is 5.91 Å². The van der Waals surface area contributed by atoms with Gasteiger partial charge in [0.15, 0.2) is 0 Å². The molecule has 160 valence electrons. The minimum atomic E-state index is -0.648. The molecule has 2 aromatic carbocycles. The Hall–Kier alpha value is -3.41. The van der Waals surface area contributed by atoms with Crippen molar-refractivity contribution in [2.45, 2.75) is 32.3 Å². The number of aryl methyl sites for hydroxylation is 1. The summed E-state index contributed by atoms with van der Waals surface area (Å²) >= 11 is 0. The Morgan fingerprint density at radius 3 is 2.65 bits per heavy atom. The topological polar surface area (TPSA) is 68.7 Å². The molecule has 1 amide bonds. The average molecular weight is 418 g/mol. The number of amides is 1. The van der Waals surface area contributed by atoms with Crippen LogP contribution >= 0.6 is 0 Å². The summed E-state index contributed by atoms with van der Waals surface area (Å²) in [6, 6.07) is 17.7. The van der Waals surface area contributed by atoms with Crippen LogP contribution in [0.25, 0.3) is 10.9 Å². The van der Waals surface area contributed by atoms with Gasteiger partial charge in [-0.3, -0.25) is 14.6 Å². The lowest BCUT2D eigenvalue weighted by atomic mass is 9.81. The fraction of sp³-hybridized carbons (Fsp3) is 0.320. The third kappa shape index (κ3) is 4.10. The van der Waals surface area contributed by atoms with Crippen molar-refractivity contribution in [2.24, 2.45) is 0 Å².